The van der Waals surface area contributed by atoms with Crippen LogP contribution in [0.3, 0.4) is 0 Å². The number of benzene rings is 2. The molecule has 0 spiro atoms. The third-order valence-electron chi connectivity index (χ3n) is 4.56. The van der Waals surface area contributed by atoms with Gasteiger partial charge in [0.15, 0.2) is 23.9 Å². The summed E-state index contributed by atoms with van der Waals surface area (Å²) in [7, 11) is 4.26. The number of Topliss-reactive ketones (excluding diaryl/α,β-unsaturated/α-hetero) is 1. The van der Waals surface area contributed by atoms with Gasteiger partial charge in [-0.05, 0) is 24.3 Å². The van der Waals surface area contributed by atoms with Crippen LogP contribution in [0.2, 0.25) is 0 Å². The molecule has 1 aromatic heterocycles. The molecule has 8 heteroatoms. The van der Waals surface area contributed by atoms with E-state index in [0.29, 0.717) is 33.5 Å². The molecule has 0 aliphatic carbocycles. The highest BCUT2D eigenvalue weighted by Crippen LogP contribution is 2.27. The number of fused-ring (bicyclic) bond motifs is 1. The average molecular weight is 411 g/mol. The lowest BCUT2D eigenvalue weighted by atomic mass is 10.1. The molecule has 1 heterocycles. The van der Waals surface area contributed by atoms with E-state index in [1.165, 1.54) is 33.6 Å². The van der Waals surface area contributed by atoms with Crippen LogP contribution in [0.5, 0.6) is 11.5 Å². The summed E-state index contributed by atoms with van der Waals surface area (Å²) >= 11 is 0. The van der Waals surface area contributed by atoms with E-state index < -0.39 is 18.5 Å². The van der Waals surface area contributed by atoms with Crippen molar-refractivity contribution >= 4 is 28.6 Å². The largest absolute Gasteiger partial charge is 0.493 e. The van der Waals surface area contributed by atoms with Gasteiger partial charge in [-0.15, -0.1) is 0 Å². The second-order valence-electron chi connectivity index (χ2n) is 6.33. The standard InChI is InChI=1S/C22H21NO7/c1-27-19-9-8-14(10-20(19)28-2)18(24)13-30-21(25)12-23-11-16(22(26)29-3)15-6-4-5-7-17(15)23/h4-11H,12-13H2,1-3H3. The van der Waals surface area contributed by atoms with E-state index in [4.69, 9.17) is 18.9 Å². The van der Waals surface area contributed by atoms with Crippen LogP contribution in [0.1, 0.15) is 20.7 Å². The molecule has 0 aliphatic rings. The fraction of sp³-hybridized carbons (Fsp3) is 0.227. The molecule has 0 N–H and O–H groups in total. The van der Waals surface area contributed by atoms with Gasteiger partial charge in [-0.2, -0.15) is 0 Å². The van der Waals surface area contributed by atoms with Crippen LogP contribution in [0.15, 0.2) is 48.7 Å². The average Bonchev–Trinajstić information content (AvgIpc) is 3.14. The summed E-state index contributed by atoms with van der Waals surface area (Å²) in [6.45, 7) is -0.575. The van der Waals surface area contributed by atoms with Gasteiger partial charge < -0.3 is 23.5 Å². The number of aromatic nitrogens is 1. The Kier molecular flexibility index (Phi) is 6.36. The summed E-state index contributed by atoms with van der Waals surface area (Å²) in [6, 6.07) is 11.8. The first-order chi connectivity index (χ1) is 14.5. The molecule has 0 atom stereocenters. The molecule has 0 saturated carbocycles. The normalized spacial score (nSPS) is 10.5. The molecule has 156 valence electrons. The molecule has 0 unspecified atom stereocenters. The van der Waals surface area contributed by atoms with Crippen molar-refractivity contribution in [1.82, 2.24) is 4.57 Å². The van der Waals surface area contributed by atoms with E-state index in [1.807, 2.05) is 0 Å². The molecule has 0 saturated heterocycles. The quantitative estimate of drug-likeness (QED) is 0.416. The van der Waals surface area contributed by atoms with Crippen molar-refractivity contribution in [3.8, 4) is 11.5 Å². The number of methoxy groups -OCH3 is 3. The number of hydrogen-bond donors (Lipinski definition) is 0. The molecule has 0 amide bonds. The minimum atomic E-state index is -0.610. The van der Waals surface area contributed by atoms with Crippen LogP contribution in [0.25, 0.3) is 10.9 Å². The fourth-order valence-corrected chi connectivity index (χ4v) is 3.07. The zero-order valence-electron chi connectivity index (χ0n) is 16.8. The number of nitrogens with zero attached hydrogens (tertiary/aromatic N) is 1. The fourth-order valence-electron chi connectivity index (χ4n) is 3.07. The molecule has 0 radical (unpaired) electrons. The molecule has 2 aromatic carbocycles. The van der Waals surface area contributed by atoms with Gasteiger partial charge in [-0.3, -0.25) is 9.59 Å². The predicted octanol–water partition coefficient (Wildman–Crippen LogP) is 2.87. The molecule has 8 nitrogen and oxygen atoms in total. The molecule has 0 bridgehead atoms. The summed E-state index contributed by atoms with van der Waals surface area (Å²) in [5.41, 5.74) is 1.36. The number of carbonyl (C=O) groups excluding carboxylic acids is 3. The maximum Gasteiger partial charge on any atom is 0.340 e. The first kappa shape index (κ1) is 20.9. The lowest BCUT2D eigenvalue weighted by molar-refractivity contribution is -0.143. The van der Waals surface area contributed by atoms with Gasteiger partial charge in [-0.1, -0.05) is 18.2 Å². The summed E-state index contributed by atoms with van der Waals surface area (Å²) < 4.78 is 21.8. The van der Waals surface area contributed by atoms with Gasteiger partial charge in [0, 0.05) is 22.7 Å². The minimum absolute atomic E-state index is 0.156. The van der Waals surface area contributed by atoms with Gasteiger partial charge in [0.1, 0.15) is 6.54 Å². The van der Waals surface area contributed by atoms with E-state index >= 15 is 0 Å². The molecular formula is C22H21NO7. The van der Waals surface area contributed by atoms with Gasteiger partial charge in [0.25, 0.3) is 0 Å². The Morgan fingerprint density at radius 1 is 0.933 bits per heavy atom. The number of ether oxygens (including phenoxy) is 4. The van der Waals surface area contributed by atoms with Crippen LogP contribution >= 0.6 is 0 Å². The lowest BCUT2D eigenvalue weighted by Crippen LogP contribution is -2.18. The maximum atomic E-state index is 12.4. The Morgan fingerprint density at radius 2 is 1.67 bits per heavy atom. The van der Waals surface area contributed by atoms with E-state index in [2.05, 4.69) is 0 Å². The van der Waals surface area contributed by atoms with Crippen LogP contribution in [-0.4, -0.2) is 50.2 Å². The highest BCUT2D eigenvalue weighted by molar-refractivity contribution is 6.04. The predicted molar refractivity (Wildman–Crippen MR) is 108 cm³/mol. The zero-order valence-corrected chi connectivity index (χ0v) is 16.8. The Morgan fingerprint density at radius 3 is 2.37 bits per heavy atom. The molecule has 0 aliphatic heterocycles. The summed E-state index contributed by atoms with van der Waals surface area (Å²) in [5.74, 6) is -0.587. The van der Waals surface area contributed by atoms with Crippen LogP contribution < -0.4 is 9.47 Å². The zero-order chi connectivity index (χ0) is 21.7. The van der Waals surface area contributed by atoms with Crippen LogP contribution in [0, 0.1) is 0 Å². The van der Waals surface area contributed by atoms with Gasteiger partial charge >= 0.3 is 11.9 Å². The Bertz CT molecular complexity index is 1100. The Labute approximate surface area is 172 Å². The summed E-state index contributed by atoms with van der Waals surface area (Å²) in [6.07, 6.45) is 1.54. The SMILES string of the molecule is COC(=O)c1cn(CC(=O)OCC(=O)c2ccc(OC)c(OC)c2)c2ccccc12. The molecule has 3 rings (SSSR count). The van der Waals surface area contributed by atoms with Gasteiger partial charge in [0.05, 0.1) is 26.9 Å². The van der Waals surface area contributed by atoms with E-state index in [0.717, 1.165) is 0 Å². The topological polar surface area (TPSA) is 93.1 Å². The van der Waals surface area contributed by atoms with Crippen LogP contribution in [0.4, 0.5) is 0 Å². The second-order valence-corrected chi connectivity index (χ2v) is 6.33. The van der Waals surface area contributed by atoms with Crippen molar-refractivity contribution in [2.75, 3.05) is 27.9 Å². The number of hydrogen-bond acceptors (Lipinski definition) is 7. The number of ketones is 1. The van der Waals surface area contributed by atoms with Crippen molar-refractivity contribution in [3.05, 3.63) is 59.8 Å². The highest BCUT2D eigenvalue weighted by Gasteiger charge is 2.18. The minimum Gasteiger partial charge on any atom is -0.493 e. The van der Waals surface area contributed by atoms with Gasteiger partial charge in [0.2, 0.25) is 0 Å². The van der Waals surface area contributed by atoms with E-state index in [-0.39, 0.29) is 12.3 Å². The highest BCUT2D eigenvalue weighted by atomic mass is 16.5. The Balaban J connectivity index is 1.69. The van der Waals surface area contributed by atoms with E-state index in [9.17, 15) is 14.4 Å². The number of para-hydroxylation sites is 1. The molecular weight excluding hydrogens is 390 g/mol. The number of rotatable bonds is 8. The monoisotopic (exact) mass is 411 g/mol. The van der Waals surface area contributed by atoms with Crippen molar-refractivity contribution in [2.45, 2.75) is 6.54 Å². The third kappa shape index (κ3) is 4.27. The van der Waals surface area contributed by atoms with Crippen LogP contribution in [-0.2, 0) is 20.8 Å². The smallest absolute Gasteiger partial charge is 0.340 e. The lowest BCUT2D eigenvalue weighted by Gasteiger charge is -2.10. The van der Waals surface area contributed by atoms with Crippen molar-refractivity contribution in [1.29, 1.82) is 0 Å². The maximum absolute atomic E-state index is 12.4. The van der Waals surface area contributed by atoms with E-state index in [1.54, 1.807) is 41.0 Å². The molecule has 0 fully saturated rings. The van der Waals surface area contributed by atoms with Crippen molar-refractivity contribution in [2.24, 2.45) is 0 Å². The Hall–Kier alpha value is -3.81. The number of carbonyl (C=O) groups is 3. The first-order valence-corrected chi connectivity index (χ1v) is 9.05. The first-order valence-electron chi connectivity index (χ1n) is 9.05. The summed E-state index contributed by atoms with van der Waals surface area (Å²) in [4.78, 5) is 36.7. The third-order valence-corrected chi connectivity index (χ3v) is 4.56. The number of esters is 2. The van der Waals surface area contributed by atoms with Gasteiger partial charge in [-0.25, -0.2) is 4.79 Å². The van der Waals surface area contributed by atoms with Crippen molar-refractivity contribution in [3.63, 3.8) is 0 Å². The second kappa shape index (κ2) is 9.13. The molecule has 30 heavy (non-hydrogen) atoms. The molecule has 3 aromatic rings. The van der Waals surface area contributed by atoms with Crippen molar-refractivity contribution < 1.29 is 33.3 Å². The summed E-state index contributed by atoms with van der Waals surface area (Å²) in [5, 5.41) is 0.665.